The van der Waals surface area contributed by atoms with Crippen molar-refractivity contribution in [1.82, 2.24) is 24.4 Å². The SMILES string of the molecule is C1=CCCC(C2N=C(c3cccc(-c4ccccc4)c3-n3c4c(c5ccncc53)C=CCC4)N=C(c3cccc(-c4ccccc4)c3-n3c4c(c5ccncc53)C=CCC4)N2)=C1. The van der Waals surface area contributed by atoms with Gasteiger partial charge in [0.25, 0.3) is 0 Å². The first-order chi connectivity index (χ1) is 30.8. The van der Waals surface area contributed by atoms with Crippen LogP contribution in [-0.2, 0) is 12.8 Å². The number of aromatic nitrogens is 4. The van der Waals surface area contributed by atoms with Gasteiger partial charge in [-0.3, -0.25) is 9.97 Å². The fourth-order valence-corrected chi connectivity index (χ4v) is 10.0. The molecule has 0 spiro atoms. The molecule has 0 amide bonds. The van der Waals surface area contributed by atoms with Gasteiger partial charge in [-0.2, -0.15) is 0 Å². The first-order valence-corrected chi connectivity index (χ1v) is 21.7. The van der Waals surface area contributed by atoms with Gasteiger partial charge in [0, 0.05) is 67.9 Å². The molecular weight excluding hydrogens is 759 g/mol. The minimum atomic E-state index is -0.330. The van der Waals surface area contributed by atoms with Gasteiger partial charge in [-0.25, -0.2) is 9.98 Å². The van der Waals surface area contributed by atoms with E-state index in [1.807, 2.05) is 24.8 Å². The molecule has 0 fully saturated rings. The van der Waals surface area contributed by atoms with Crippen LogP contribution in [0.15, 0.2) is 180 Å². The van der Waals surface area contributed by atoms with Crippen LogP contribution >= 0.6 is 0 Å². The third-order valence-electron chi connectivity index (χ3n) is 12.8. The lowest BCUT2D eigenvalue weighted by Crippen LogP contribution is -2.41. The number of rotatable bonds is 7. The molecule has 4 aromatic heterocycles. The first kappa shape index (κ1) is 36.2. The van der Waals surface area contributed by atoms with Crippen LogP contribution in [0.25, 0.3) is 67.6 Å². The lowest BCUT2D eigenvalue weighted by molar-refractivity contribution is 0.677. The Labute approximate surface area is 360 Å². The molecule has 1 aliphatic heterocycles. The minimum Gasteiger partial charge on any atom is -0.344 e. The van der Waals surface area contributed by atoms with E-state index < -0.39 is 0 Å². The number of benzene rings is 4. The molecular formula is C55H43N7. The fraction of sp³-hybridized carbons (Fsp3) is 0.127. The second-order valence-electron chi connectivity index (χ2n) is 16.4. The van der Waals surface area contributed by atoms with E-state index in [2.05, 4.69) is 166 Å². The molecule has 1 N–H and O–H groups in total. The summed E-state index contributed by atoms with van der Waals surface area (Å²) in [6.07, 6.45) is 29.0. The molecule has 62 heavy (non-hydrogen) atoms. The van der Waals surface area contributed by atoms with Crippen LogP contribution in [-0.4, -0.2) is 36.9 Å². The van der Waals surface area contributed by atoms with Crippen LogP contribution in [0.2, 0.25) is 0 Å². The Bertz CT molecular complexity index is 3260. The average molecular weight is 802 g/mol. The maximum atomic E-state index is 5.69. The number of para-hydroxylation sites is 2. The highest BCUT2D eigenvalue weighted by Gasteiger charge is 2.31. The smallest absolute Gasteiger partial charge is 0.161 e. The van der Waals surface area contributed by atoms with Crippen molar-refractivity contribution in [2.45, 2.75) is 44.7 Å². The van der Waals surface area contributed by atoms with E-state index in [1.54, 1.807) is 0 Å². The summed E-state index contributed by atoms with van der Waals surface area (Å²) < 4.78 is 4.92. The molecule has 12 rings (SSSR count). The van der Waals surface area contributed by atoms with Crippen LogP contribution in [0, 0.1) is 0 Å². The highest BCUT2D eigenvalue weighted by molar-refractivity contribution is 6.17. The minimum absolute atomic E-state index is 0.330. The van der Waals surface area contributed by atoms with E-state index in [9.17, 15) is 0 Å². The molecule has 0 saturated carbocycles. The molecule has 0 radical (unpaired) electrons. The first-order valence-electron chi connectivity index (χ1n) is 21.7. The second-order valence-corrected chi connectivity index (χ2v) is 16.4. The molecule has 0 bridgehead atoms. The zero-order valence-corrected chi connectivity index (χ0v) is 34.2. The topological polar surface area (TPSA) is 72.4 Å². The largest absolute Gasteiger partial charge is 0.344 e. The van der Waals surface area contributed by atoms with Crippen LogP contribution < -0.4 is 5.32 Å². The van der Waals surface area contributed by atoms with E-state index in [-0.39, 0.29) is 6.17 Å². The Morgan fingerprint density at radius 3 is 1.66 bits per heavy atom. The number of nitrogens with zero attached hydrogens (tertiary/aromatic N) is 6. The number of amidine groups is 2. The van der Waals surface area contributed by atoms with Crippen molar-refractivity contribution in [3.63, 3.8) is 0 Å². The molecule has 1 atom stereocenters. The lowest BCUT2D eigenvalue weighted by Gasteiger charge is -2.29. The van der Waals surface area contributed by atoms with Gasteiger partial charge in [0.2, 0.25) is 0 Å². The summed E-state index contributed by atoms with van der Waals surface area (Å²) in [5.74, 6) is 1.48. The van der Waals surface area contributed by atoms with Crippen molar-refractivity contribution in [2.24, 2.45) is 9.98 Å². The number of pyridine rings is 2. The molecule has 298 valence electrons. The van der Waals surface area contributed by atoms with E-state index in [4.69, 9.17) is 20.0 Å². The van der Waals surface area contributed by atoms with Crippen molar-refractivity contribution >= 4 is 45.6 Å². The van der Waals surface area contributed by atoms with Crippen molar-refractivity contribution in [2.75, 3.05) is 0 Å². The monoisotopic (exact) mass is 801 g/mol. The van der Waals surface area contributed by atoms with Crippen molar-refractivity contribution in [1.29, 1.82) is 0 Å². The predicted octanol–water partition coefficient (Wildman–Crippen LogP) is 12.0. The van der Waals surface area contributed by atoms with Gasteiger partial charge in [0.15, 0.2) is 5.84 Å². The average Bonchev–Trinajstić information content (AvgIpc) is 3.87. The maximum Gasteiger partial charge on any atom is 0.161 e. The van der Waals surface area contributed by atoms with Crippen LogP contribution in [0.4, 0.5) is 0 Å². The summed E-state index contributed by atoms with van der Waals surface area (Å²) in [7, 11) is 0. The Morgan fingerprint density at radius 2 is 1.08 bits per heavy atom. The number of fused-ring (bicyclic) bond motifs is 6. The van der Waals surface area contributed by atoms with Crippen molar-refractivity contribution in [3.8, 4) is 33.6 Å². The Morgan fingerprint density at radius 1 is 0.532 bits per heavy atom. The summed E-state index contributed by atoms with van der Waals surface area (Å²) in [6, 6.07) is 39.0. The van der Waals surface area contributed by atoms with Gasteiger partial charge in [-0.1, -0.05) is 127 Å². The quantitative estimate of drug-likeness (QED) is 0.174. The van der Waals surface area contributed by atoms with Gasteiger partial charge >= 0.3 is 0 Å². The van der Waals surface area contributed by atoms with Crippen LogP contribution in [0.1, 0.15) is 59.3 Å². The predicted molar refractivity (Wildman–Crippen MR) is 254 cm³/mol. The normalized spacial score (nSPS) is 16.7. The third kappa shape index (κ3) is 5.95. The van der Waals surface area contributed by atoms with E-state index >= 15 is 0 Å². The van der Waals surface area contributed by atoms with Gasteiger partial charge in [0.1, 0.15) is 12.0 Å². The standard InChI is InChI=1S/C55H43N7/c1-4-16-36(17-5-1)39-24-14-26-45(51(39)61-47-28-12-10-22-41(47)43-30-32-56-34-49(43)61)54-58-53(38-20-8-3-9-21-38)59-55(60-54)46-27-15-25-40(37-18-6-2-7-19-37)52(46)62-48-29-13-11-23-42(48)44-31-33-57-35-50(44)62/h1-8,10-11,14-20,22-27,30-35,53H,9,12-13,21,28-29H2,(H,58,59,60). The number of hydrogen-bond donors (Lipinski definition) is 1. The van der Waals surface area contributed by atoms with Crippen LogP contribution in [0.3, 0.4) is 0 Å². The number of aliphatic imine (C=N–C) groups is 2. The molecule has 7 nitrogen and oxygen atoms in total. The molecule has 1 unspecified atom stereocenters. The van der Waals surface area contributed by atoms with Crippen molar-refractivity contribution < 1.29 is 0 Å². The molecule has 0 saturated heterocycles. The number of hydrogen-bond acceptors (Lipinski definition) is 5. The maximum absolute atomic E-state index is 5.69. The number of nitrogens with one attached hydrogen (secondary N) is 1. The van der Waals surface area contributed by atoms with Gasteiger partial charge in [0.05, 0.1) is 34.8 Å². The van der Waals surface area contributed by atoms with Gasteiger partial charge in [-0.05, 0) is 79.5 Å². The summed E-state index contributed by atoms with van der Waals surface area (Å²) in [6.45, 7) is 0. The Balaban J connectivity index is 1.15. The van der Waals surface area contributed by atoms with E-state index in [0.717, 1.165) is 100 Å². The van der Waals surface area contributed by atoms with E-state index in [1.165, 1.54) is 38.9 Å². The summed E-state index contributed by atoms with van der Waals surface area (Å²) in [5, 5.41) is 6.32. The fourth-order valence-electron chi connectivity index (χ4n) is 10.0. The van der Waals surface area contributed by atoms with Gasteiger partial charge < -0.3 is 14.5 Å². The van der Waals surface area contributed by atoms with Crippen molar-refractivity contribution in [3.05, 3.63) is 204 Å². The summed E-state index contributed by atoms with van der Waals surface area (Å²) in [5.41, 5.74) is 17.1. The Kier molecular flexibility index (Phi) is 8.84. The molecule has 5 heterocycles. The molecule has 4 aliphatic rings. The molecule has 8 aromatic rings. The Hall–Kier alpha value is -7.64. The summed E-state index contributed by atoms with van der Waals surface area (Å²) >= 11 is 0. The summed E-state index contributed by atoms with van der Waals surface area (Å²) in [4.78, 5) is 20.7. The highest BCUT2D eigenvalue weighted by atomic mass is 15.2. The number of allylic oxidation sites excluding steroid dienone is 5. The lowest BCUT2D eigenvalue weighted by atomic mass is 9.96. The highest BCUT2D eigenvalue weighted by Crippen LogP contribution is 2.42. The van der Waals surface area contributed by atoms with E-state index in [0.29, 0.717) is 5.84 Å². The van der Waals surface area contributed by atoms with Crippen LogP contribution in [0.5, 0.6) is 0 Å². The second kappa shape index (κ2) is 15.1. The molecule has 7 heteroatoms. The van der Waals surface area contributed by atoms with Gasteiger partial charge in [-0.15, -0.1) is 0 Å². The zero-order chi connectivity index (χ0) is 41.0. The zero-order valence-electron chi connectivity index (χ0n) is 34.2. The third-order valence-corrected chi connectivity index (χ3v) is 12.8. The molecule has 3 aliphatic carbocycles. The molecule has 4 aromatic carbocycles.